The number of carbonyl (C=O) groups is 2. The van der Waals surface area contributed by atoms with Crippen LogP contribution in [-0.2, 0) is 43.7 Å². The average molecular weight is 473 g/mol. The molecule has 1 atom stereocenters. The SMILES string of the molecule is CC.FC(F)(F)c1n[c-]no1.[CH2-]N1C(=O)c2ccccc2NC(=O)C1CC.[Y]. The predicted molar refractivity (Wildman–Crippen MR) is 90.2 cm³/mol. The topological polar surface area (TPSA) is 88.3 Å². The van der Waals surface area contributed by atoms with Crippen LogP contribution in [0.1, 0.15) is 43.4 Å². The van der Waals surface area contributed by atoms with E-state index in [0.29, 0.717) is 17.7 Å². The van der Waals surface area contributed by atoms with E-state index < -0.39 is 18.1 Å². The van der Waals surface area contributed by atoms with Crippen LogP contribution in [0.2, 0.25) is 0 Å². The quantitative estimate of drug-likeness (QED) is 0.641. The van der Waals surface area contributed by atoms with Crippen LogP contribution in [0.15, 0.2) is 28.8 Å². The number of fused-ring (bicyclic) bond motifs is 1. The molecule has 2 amide bonds. The molecule has 1 aliphatic rings. The number of amides is 2. The Morgan fingerprint density at radius 2 is 1.89 bits per heavy atom. The van der Waals surface area contributed by atoms with Gasteiger partial charge in [-0.3, -0.25) is 16.6 Å². The second kappa shape index (κ2) is 11.9. The molecule has 0 aliphatic carbocycles. The maximum Gasteiger partial charge on any atom is 0.397 e. The van der Waals surface area contributed by atoms with Crippen molar-refractivity contribution >= 4 is 17.5 Å². The Balaban J connectivity index is 0.000000521. The number of nitrogens with one attached hydrogen (secondary N) is 1. The Morgan fingerprint density at radius 3 is 2.36 bits per heavy atom. The summed E-state index contributed by atoms with van der Waals surface area (Å²) in [5.74, 6) is -1.78. The normalized spacial score (nSPS) is 15.5. The van der Waals surface area contributed by atoms with Gasteiger partial charge in [0.25, 0.3) is 0 Å². The number of carbonyl (C=O) groups excluding carboxylic acids is 2. The van der Waals surface area contributed by atoms with Crippen molar-refractivity contribution in [2.45, 2.75) is 39.4 Å². The number of alkyl halides is 3. The van der Waals surface area contributed by atoms with E-state index in [9.17, 15) is 22.8 Å². The van der Waals surface area contributed by atoms with Gasteiger partial charge in [0.05, 0.1) is 17.3 Å². The largest absolute Gasteiger partial charge is 0.482 e. The van der Waals surface area contributed by atoms with Crippen LogP contribution < -0.4 is 5.32 Å². The fourth-order valence-electron chi connectivity index (χ4n) is 2.10. The molecule has 1 aliphatic heterocycles. The molecule has 11 heteroatoms. The maximum absolute atomic E-state index is 12.0. The van der Waals surface area contributed by atoms with Gasteiger partial charge in [0.15, 0.2) is 5.89 Å². The monoisotopic (exact) mass is 473 g/mol. The number of rotatable bonds is 1. The zero-order valence-corrected chi connectivity index (χ0v) is 18.4. The summed E-state index contributed by atoms with van der Waals surface area (Å²) in [7, 11) is 3.66. The molecule has 2 aromatic rings. The van der Waals surface area contributed by atoms with Crippen LogP contribution >= 0.6 is 0 Å². The molecular weight excluding hydrogens is 454 g/mol. The van der Waals surface area contributed by atoms with Crippen molar-refractivity contribution in [3.63, 3.8) is 0 Å². The van der Waals surface area contributed by atoms with E-state index in [1.54, 1.807) is 30.6 Å². The van der Waals surface area contributed by atoms with Crippen molar-refractivity contribution in [2.75, 3.05) is 5.32 Å². The van der Waals surface area contributed by atoms with Gasteiger partial charge in [-0.05, 0) is 24.9 Å². The standard InChI is InChI=1S/C12H13N2O2.C3F3N2O.C2H6.Y/c1-3-10-11(15)13-9-7-5-4-6-8(9)12(16)14(10)2;4-3(5,6)2-7-1-8-9-2;1-2;/h4-7,10H,2-3H2,1H3,(H,13,15);;1-2H3;/q2*-1;;. The summed E-state index contributed by atoms with van der Waals surface area (Å²) < 4.78 is 37.9. The van der Waals surface area contributed by atoms with Crippen molar-refractivity contribution in [1.29, 1.82) is 0 Å². The molecule has 0 bridgehead atoms. The van der Waals surface area contributed by atoms with Gasteiger partial charge < -0.3 is 19.7 Å². The second-order valence-electron chi connectivity index (χ2n) is 4.93. The first kappa shape index (κ1) is 26.2. The first-order valence-electron chi connectivity index (χ1n) is 8.06. The van der Waals surface area contributed by atoms with Crippen molar-refractivity contribution in [3.8, 4) is 0 Å². The van der Waals surface area contributed by atoms with Crippen LogP contribution in [-0.4, -0.2) is 32.9 Å². The van der Waals surface area contributed by atoms with Gasteiger partial charge in [0.2, 0.25) is 11.8 Å². The van der Waals surface area contributed by atoms with E-state index in [4.69, 9.17) is 0 Å². The number of hydrogen-bond donors (Lipinski definition) is 1. The Kier molecular flexibility index (Phi) is 11.1. The number of para-hydroxylation sites is 1. The Labute approximate surface area is 185 Å². The second-order valence-corrected chi connectivity index (χ2v) is 4.93. The molecule has 0 saturated heterocycles. The van der Waals surface area contributed by atoms with Gasteiger partial charge in [-0.25, -0.2) is 0 Å². The molecule has 1 radical (unpaired) electrons. The van der Waals surface area contributed by atoms with Crippen LogP contribution in [0.25, 0.3) is 0 Å². The zero-order valence-electron chi connectivity index (χ0n) is 15.6. The molecule has 1 aromatic carbocycles. The molecule has 7 nitrogen and oxygen atoms in total. The van der Waals surface area contributed by atoms with Crippen molar-refractivity contribution in [1.82, 2.24) is 15.0 Å². The van der Waals surface area contributed by atoms with Crippen molar-refractivity contribution in [2.24, 2.45) is 0 Å². The number of halogens is 3. The third kappa shape index (κ3) is 6.66. The fraction of sp³-hybridized carbons (Fsp3) is 0.353. The molecule has 1 unspecified atom stereocenters. The number of benzene rings is 1. The van der Waals surface area contributed by atoms with Gasteiger partial charge in [0.1, 0.15) is 0 Å². The van der Waals surface area contributed by atoms with E-state index in [1.165, 1.54) is 4.90 Å². The predicted octanol–water partition coefficient (Wildman–Crippen LogP) is 3.56. The minimum atomic E-state index is -4.55. The van der Waals surface area contributed by atoms with E-state index in [0.717, 1.165) is 0 Å². The third-order valence-electron chi connectivity index (χ3n) is 3.31. The fourth-order valence-corrected chi connectivity index (χ4v) is 2.10. The molecule has 1 N–H and O–H groups in total. The molecule has 0 saturated carbocycles. The Morgan fingerprint density at radius 1 is 1.29 bits per heavy atom. The van der Waals surface area contributed by atoms with Gasteiger partial charge in [-0.1, -0.05) is 32.9 Å². The molecule has 151 valence electrons. The molecule has 3 rings (SSSR count). The molecule has 2 heterocycles. The van der Waals surface area contributed by atoms with Crippen LogP contribution in [0, 0.1) is 13.4 Å². The summed E-state index contributed by atoms with van der Waals surface area (Å²) in [6, 6.07) is 6.46. The number of aromatic nitrogens is 2. The minimum absolute atomic E-state index is 0. The van der Waals surface area contributed by atoms with Gasteiger partial charge >= 0.3 is 6.18 Å². The van der Waals surface area contributed by atoms with Crippen molar-refractivity contribution < 1.29 is 60.0 Å². The van der Waals surface area contributed by atoms with Gasteiger partial charge in [0, 0.05) is 32.7 Å². The summed E-state index contributed by atoms with van der Waals surface area (Å²) >= 11 is 0. The van der Waals surface area contributed by atoms with E-state index in [-0.39, 0.29) is 44.5 Å². The minimum Gasteiger partial charge on any atom is -0.482 e. The molecule has 28 heavy (non-hydrogen) atoms. The first-order chi connectivity index (χ1) is 12.8. The summed E-state index contributed by atoms with van der Waals surface area (Å²) in [5, 5.41) is 5.40. The number of nitrogens with zero attached hydrogens (tertiary/aromatic N) is 3. The summed E-state index contributed by atoms with van der Waals surface area (Å²) in [6.07, 6.45) is -2.35. The molecule has 0 spiro atoms. The Bertz CT molecular complexity index is 754. The van der Waals surface area contributed by atoms with Crippen molar-refractivity contribution in [3.05, 3.63) is 49.1 Å². The Hall–Kier alpha value is -1.81. The van der Waals surface area contributed by atoms with Crippen LogP contribution in [0.4, 0.5) is 18.9 Å². The molecule has 0 fully saturated rings. The first-order valence-corrected chi connectivity index (χ1v) is 8.06. The van der Waals surface area contributed by atoms with Crippen LogP contribution in [0.3, 0.4) is 0 Å². The average Bonchev–Trinajstić information content (AvgIpc) is 3.17. The van der Waals surface area contributed by atoms with E-state index in [1.807, 2.05) is 20.8 Å². The smallest absolute Gasteiger partial charge is 0.397 e. The van der Waals surface area contributed by atoms with Crippen LogP contribution in [0.5, 0.6) is 0 Å². The maximum atomic E-state index is 12.0. The number of anilines is 1. The van der Waals surface area contributed by atoms with E-state index >= 15 is 0 Å². The summed E-state index contributed by atoms with van der Waals surface area (Å²) in [5.41, 5.74) is 1.05. The molecule has 1 aromatic heterocycles. The number of hydrogen-bond acceptors (Lipinski definition) is 5. The third-order valence-corrected chi connectivity index (χ3v) is 3.31. The van der Waals surface area contributed by atoms with Gasteiger partial charge in [-0.2, -0.15) is 18.3 Å². The molecular formula is C17H19F3N4O3Y-2. The summed E-state index contributed by atoms with van der Waals surface area (Å²) in [4.78, 5) is 27.8. The zero-order chi connectivity index (χ0) is 20.6. The van der Waals surface area contributed by atoms with Gasteiger partial charge in [-0.15, -0.1) is 0 Å². The van der Waals surface area contributed by atoms with E-state index in [2.05, 4.69) is 27.0 Å². The summed E-state index contributed by atoms with van der Waals surface area (Å²) in [6.45, 7) is 5.85.